The van der Waals surface area contributed by atoms with Crippen molar-refractivity contribution in [3.05, 3.63) is 42.0 Å². The molecule has 1 aliphatic carbocycles. The van der Waals surface area contributed by atoms with Crippen LogP contribution in [0.5, 0.6) is 5.75 Å². The van der Waals surface area contributed by atoms with Crippen molar-refractivity contribution in [1.29, 1.82) is 5.26 Å². The summed E-state index contributed by atoms with van der Waals surface area (Å²) in [6.45, 7) is 0. The topological polar surface area (TPSA) is 99.6 Å². The van der Waals surface area contributed by atoms with Gasteiger partial charge in [-0.25, -0.2) is 4.79 Å². The Labute approximate surface area is 110 Å². The van der Waals surface area contributed by atoms with Crippen molar-refractivity contribution in [2.75, 3.05) is 0 Å². The van der Waals surface area contributed by atoms with Gasteiger partial charge in [0.25, 0.3) is 0 Å². The Balaban J connectivity index is 1.94. The third-order valence-electron chi connectivity index (χ3n) is 2.83. The number of amides is 2. The zero-order valence-electron chi connectivity index (χ0n) is 10.1. The highest BCUT2D eigenvalue weighted by Gasteiger charge is 2.26. The van der Waals surface area contributed by atoms with E-state index < -0.39 is 12.1 Å². The fourth-order valence-corrected chi connectivity index (χ4v) is 1.86. The van der Waals surface area contributed by atoms with Crippen LogP contribution in [0.1, 0.15) is 12.0 Å². The van der Waals surface area contributed by atoms with Crippen molar-refractivity contribution in [3.63, 3.8) is 0 Å². The Bertz CT molecular complexity index is 533. The number of hydroxylamine groups is 2. The molecular weight excluding hydrogens is 246 g/mol. The molecule has 6 heteroatoms. The number of nitriles is 1. The Morgan fingerprint density at radius 2 is 2.11 bits per heavy atom. The zero-order chi connectivity index (χ0) is 13.8. The second-order valence-corrected chi connectivity index (χ2v) is 4.16. The van der Waals surface area contributed by atoms with Crippen LogP contribution in [0.15, 0.2) is 36.4 Å². The van der Waals surface area contributed by atoms with Crippen LogP contribution in [-0.2, 0) is 0 Å². The van der Waals surface area contributed by atoms with Gasteiger partial charge in [-0.3, -0.25) is 5.21 Å². The van der Waals surface area contributed by atoms with Gasteiger partial charge in [0.2, 0.25) is 0 Å². The summed E-state index contributed by atoms with van der Waals surface area (Å²) in [5.74, 6) is 0.623. The molecule has 0 radical (unpaired) electrons. The molecule has 1 aromatic rings. The summed E-state index contributed by atoms with van der Waals surface area (Å²) in [5.41, 5.74) is 5.54. The Morgan fingerprint density at radius 3 is 2.68 bits per heavy atom. The van der Waals surface area contributed by atoms with Gasteiger partial charge in [-0.1, -0.05) is 6.08 Å². The molecule has 0 aliphatic heterocycles. The monoisotopic (exact) mass is 259 g/mol. The molecule has 3 N–H and O–H groups in total. The molecule has 19 heavy (non-hydrogen) atoms. The van der Waals surface area contributed by atoms with Gasteiger partial charge in [-0.2, -0.15) is 10.3 Å². The number of nitrogens with two attached hydrogens (primary N) is 1. The fourth-order valence-electron chi connectivity index (χ4n) is 1.86. The second kappa shape index (κ2) is 5.42. The molecule has 2 atom stereocenters. The standard InChI is InChI=1S/C13H13N3O3/c14-8-9-1-4-11(5-2-9)19-12-6-3-10(7-12)16(18)13(15)17/h1-6,10,12,18H,7H2,(H2,15,17)/t10-,12+/m1/s1. The molecule has 0 spiro atoms. The van der Waals surface area contributed by atoms with E-state index in [-0.39, 0.29) is 6.10 Å². The highest BCUT2D eigenvalue weighted by Crippen LogP contribution is 2.22. The number of carbonyl (C=O) groups excluding carboxylic acids is 1. The first-order valence-corrected chi connectivity index (χ1v) is 5.73. The second-order valence-electron chi connectivity index (χ2n) is 4.16. The average molecular weight is 259 g/mol. The molecule has 98 valence electrons. The van der Waals surface area contributed by atoms with E-state index >= 15 is 0 Å². The Hall–Kier alpha value is -2.52. The van der Waals surface area contributed by atoms with E-state index in [0.29, 0.717) is 22.8 Å². The number of hydrogen-bond acceptors (Lipinski definition) is 4. The summed E-state index contributed by atoms with van der Waals surface area (Å²) in [6, 6.07) is 7.37. The number of benzene rings is 1. The first-order valence-electron chi connectivity index (χ1n) is 5.73. The minimum atomic E-state index is -0.895. The van der Waals surface area contributed by atoms with Gasteiger partial charge in [0.05, 0.1) is 17.7 Å². The van der Waals surface area contributed by atoms with Crippen molar-refractivity contribution >= 4 is 6.03 Å². The van der Waals surface area contributed by atoms with Crippen LogP contribution in [0.3, 0.4) is 0 Å². The number of primary amides is 1. The maximum absolute atomic E-state index is 10.8. The van der Waals surface area contributed by atoms with Crippen molar-refractivity contribution < 1.29 is 14.7 Å². The lowest BCUT2D eigenvalue weighted by Crippen LogP contribution is -2.40. The fraction of sp³-hybridized carbons (Fsp3) is 0.231. The number of hydrogen-bond donors (Lipinski definition) is 2. The SMILES string of the molecule is N#Cc1ccc(O[C@H]2C=C[C@@H](N(O)C(N)=O)C2)cc1. The quantitative estimate of drug-likeness (QED) is 0.487. The minimum absolute atomic E-state index is 0.244. The summed E-state index contributed by atoms with van der Waals surface area (Å²) in [4.78, 5) is 10.8. The highest BCUT2D eigenvalue weighted by molar-refractivity contribution is 5.71. The third kappa shape index (κ3) is 3.03. The molecule has 0 saturated heterocycles. The molecule has 0 fully saturated rings. The van der Waals surface area contributed by atoms with E-state index in [2.05, 4.69) is 0 Å². The van der Waals surface area contributed by atoms with Crippen LogP contribution in [0.4, 0.5) is 4.79 Å². The van der Waals surface area contributed by atoms with Gasteiger partial charge in [-0.05, 0) is 30.3 Å². The van der Waals surface area contributed by atoms with E-state index in [1.165, 1.54) is 0 Å². The molecule has 0 bridgehead atoms. The van der Waals surface area contributed by atoms with Gasteiger partial charge in [-0.15, -0.1) is 0 Å². The van der Waals surface area contributed by atoms with Gasteiger partial charge >= 0.3 is 6.03 Å². The largest absolute Gasteiger partial charge is 0.486 e. The molecule has 1 aromatic carbocycles. The number of nitrogens with zero attached hydrogens (tertiary/aromatic N) is 2. The summed E-state index contributed by atoms with van der Waals surface area (Å²) >= 11 is 0. The molecule has 6 nitrogen and oxygen atoms in total. The maximum atomic E-state index is 10.8. The molecule has 2 rings (SSSR count). The molecule has 0 aromatic heterocycles. The van der Waals surface area contributed by atoms with Gasteiger partial charge < -0.3 is 10.5 Å². The van der Waals surface area contributed by atoms with Crippen molar-refractivity contribution in [2.24, 2.45) is 5.73 Å². The molecule has 1 aliphatic rings. The van der Waals surface area contributed by atoms with E-state index in [0.717, 1.165) is 0 Å². The van der Waals surface area contributed by atoms with Crippen LogP contribution in [0.25, 0.3) is 0 Å². The van der Waals surface area contributed by atoms with Crippen LogP contribution in [0.2, 0.25) is 0 Å². The smallest absolute Gasteiger partial charge is 0.339 e. The minimum Gasteiger partial charge on any atom is -0.486 e. The zero-order valence-corrected chi connectivity index (χ0v) is 10.1. The number of carbonyl (C=O) groups is 1. The summed E-state index contributed by atoms with van der Waals surface area (Å²) in [5, 5.41) is 18.6. The molecule has 2 amide bonds. The van der Waals surface area contributed by atoms with Crippen molar-refractivity contribution in [1.82, 2.24) is 5.06 Å². The highest BCUT2D eigenvalue weighted by atomic mass is 16.5. The molecule has 0 saturated carbocycles. The lowest BCUT2D eigenvalue weighted by molar-refractivity contribution is -0.0645. The Morgan fingerprint density at radius 1 is 1.42 bits per heavy atom. The lowest BCUT2D eigenvalue weighted by atomic mass is 10.2. The lowest BCUT2D eigenvalue weighted by Gasteiger charge is -2.20. The van der Waals surface area contributed by atoms with Gasteiger partial charge in [0.15, 0.2) is 0 Å². The number of urea groups is 1. The number of ether oxygens (including phenoxy) is 1. The first kappa shape index (κ1) is 12.9. The van der Waals surface area contributed by atoms with Gasteiger partial charge in [0, 0.05) is 6.42 Å². The predicted octanol–water partition coefficient (Wildman–Crippen LogP) is 1.40. The van der Waals surface area contributed by atoms with E-state index in [4.69, 9.17) is 15.7 Å². The third-order valence-corrected chi connectivity index (χ3v) is 2.83. The Kier molecular flexibility index (Phi) is 3.68. The normalized spacial score (nSPS) is 20.8. The predicted molar refractivity (Wildman–Crippen MR) is 66.3 cm³/mol. The summed E-state index contributed by atoms with van der Waals surface area (Å²) in [7, 11) is 0. The number of rotatable bonds is 3. The van der Waals surface area contributed by atoms with E-state index in [1.54, 1.807) is 36.4 Å². The molecule has 0 heterocycles. The molecular formula is C13H13N3O3. The van der Waals surface area contributed by atoms with Crippen molar-refractivity contribution in [2.45, 2.75) is 18.6 Å². The van der Waals surface area contributed by atoms with Crippen LogP contribution < -0.4 is 10.5 Å². The maximum Gasteiger partial charge on any atom is 0.339 e. The van der Waals surface area contributed by atoms with Crippen LogP contribution in [-0.4, -0.2) is 28.4 Å². The van der Waals surface area contributed by atoms with E-state index in [9.17, 15) is 10.0 Å². The molecule has 0 unspecified atom stereocenters. The van der Waals surface area contributed by atoms with E-state index in [1.807, 2.05) is 6.07 Å². The van der Waals surface area contributed by atoms with Gasteiger partial charge in [0.1, 0.15) is 11.9 Å². The van der Waals surface area contributed by atoms with Crippen LogP contribution in [0, 0.1) is 11.3 Å². The summed E-state index contributed by atoms with van der Waals surface area (Å²) in [6.07, 6.45) is 3.61. The van der Waals surface area contributed by atoms with Crippen molar-refractivity contribution in [3.8, 4) is 11.8 Å². The summed E-state index contributed by atoms with van der Waals surface area (Å²) < 4.78 is 5.65. The first-order chi connectivity index (χ1) is 9.10. The van der Waals surface area contributed by atoms with Crippen LogP contribution >= 0.6 is 0 Å². The average Bonchev–Trinajstić information content (AvgIpc) is 2.87.